The number of nitrogens with zero attached hydrogens (tertiary/aromatic N) is 4. The van der Waals surface area contributed by atoms with Gasteiger partial charge in [0.1, 0.15) is 0 Å². The molecule has 3 aromatic rings. The Morgan fingerprint density at radius 1 is 1.00 bits per heavy atom. The van der Waals surface area contributed by atoms with Gasteiger partial charge in [0.25, 0.3) is 0 Å². The van der Waals surface area contributed by atoms with Crippen molar-refractivity contribution < 1.29 is 4.79 Å². The molecule has 1 aliphatic carbocycles. The van der Waals surface area contributed by atoms with Gasteiger partial charge in [0, 0.05) is 55.3 Å². The zero-order valence-corrected chi connectivity index (χ0v) is 17.8. The zero-order chi connectivity index (χ0) is 20.7. The van der Waals surface area contributed by atoms with E-state index in [4.69, 9.17) is 0 Å². The molecule has 0 N–H and O–H groups in total. The maximum atomic E-state index is 13.0. The molecular weight excluding hydrogens is 372 g/mol. The van der Waals surface area contributed by atoms with Crippen molar-refractivity contribution in [3.8, 4) is 0 Å². The van der Waals surface area contributed by atoms with Gasteiger partial charge >= 0.3 is 0 Å². The summed E-state index contributed by atoms with van der Waals surface area (Å²) in [6.07, 6.45) is 10.5. The second-order valence-electron chi connectivity index (χ2n) is 8.60. The van der Waals surface area contributed by atoms with Crippen LogP contribution in [0.25, 0.3) is 17.2 Å². The van der Waals surface area contributed by atoms with Crippen molar-refractivity contribution >= 4 is 28.6 Å². The van der Waals surface area contributed by atoms with Crippen LogP contribution in [-0.4, -0.2) is 53.3 Å². The first-order valence-electron chi connectivity index (χ1n) is 10.8. The van der Waals surface area contributed by atoms with Crippen LogP contribution in [0.3, 0.4) is 0 Å². The number of allylic oxidation sites excluding steroid dienone is 1. The number of rotatable bonds is 2. The van der Waals surface area contributed by atoms with E-state index in [1.165, 1.54) is 17.7 Å². The Morgan fingerprint density at radius 3 is 2.80 bits per heavy atom. The molecule has 0 unspecified atom stereocenters. The summed E-state index contributed by atoms with van der Waals surface area (Å²) in [6, 6.07) is 8.77. The Morgan fingerprint density at radius 2 is 1.90 bits per heavy atom. The van der Waals surface area contributed by atoms with Crippen LogP contribution in [0, 0.1) is 6.92 Å². The number of anilines is 1. The standard InChI is InChI=1S/C25H28N4O/c1-18-16-29-17-21(13-23(29)15-26-18)24-14-20-4-6-22(12-19(20)5-7-25(24)30)28-9-3-8-27(2)10-11-28/h4,6,12-17H,3,5,7-11H2,1-2H3. The van der Waals surface area contributed by atoms with Crippen molar-refractivity contribution in [2.75, 3.05) is 38.1 Å². The minimum atomic E-state index is 0.213. The van der Waals surface area contributed by atoms with E-state index in [2.05, 4.69) is 56.6 Å². The third-order valence-electron chi connectivity index (χ3n) is 6.35. The molecule has 30 heavy (non-hydrogen) atoms. The Hall–Kier alpha value is -2.92. The molecule has 2 aromatic heterocycles. The number of hydrogen-bond donors (Lipinski definition) is 0. The molecule has 0 amide bonds. The lowest BCUT2D eigenvalue weighted by molar-refractivity contribution is -0.113. The minimum absolute atomic E-state index is 0.213. The number of fused-ring (bicyclic) bond motifs is 2. The van der Waals surface area contributed by atoms with Crippen LogP contribution in [0.2, 0.25) is 0 Å². The fourth-order valence-electron chi connectivity index (χ4n) is 4.58. The predicted molar refractivity (Wildman–Crippen MR) is 122 cm³/mol. The average Bonchev–Trinajstić information content (AvgIpc) is 2.91. The molecule has 1 aromatic carbocycles. The number of hydrogen-bond acceptors (Lipinski definition) is 4. The summed E-state index contributed by atoms with van der Waals surface area (Å²) in [6.45, 7) is 6.37. The van der Waals surface area contributed by atoms with Gasteiger partial charge in [-0.25, -0.2) is 0 Å². The van der Waals surface area contributed by atoms with Crippen molar-refractivity contribution in [2.24, 2.45) is 0 Å². The lowest BCUT2D eigenvalue weighted by Crippen LogP contribution is -2.28. The lowest BCUT2D eigenvalue weighted by Gasteiger charge is -2.24. The molecule has 0 atom stereocenters. The summed E-state index contributed by atoms with van der Waals surface area (Å²) in [5, 5.41) is 0. The Kier molecular flexibility index (Phi) is 4.91. The van der Waals surface area contributed by atoms with Gasteiger partial charge in [-0.05, 0) is 68.8 Å². The third-order valence-corrected chi connectivity index (χ3v) is 6.35. The van der Waals surface area contributed by atoms with Crippen molar-refractivity contribution in [3.63, 3.8) is 0 Å². The average molecular weight is 401 g/mol. The van der Waals surface area contributed by atoms with Crippen LogP contribution < -0.4 is 4.90 Å². The number of carbonyl (C=O) groups excluding carboxylic acids is 1. The highest BCUT2D eigenvalue weighted by Crippen LogP contribution is 2.31. The van der Waals surface area contributed by atoms with Gasteiger partial charge in [0.2, 0.25) is 0 Å². The summed E-state index contributed by atoms with van der Waals surface area (Å²) >= 11 is 0. The van der Waals surface area contributed by atoms with Crippen LogP contribution >= 0.6 is 0 Å². The predicted octanol–water partition coefficient (Wildman–Crippen LogP) is 3.84. The first-order valence-corrected chi connectivity index (χ1v) is 10.8. The van der Waals surface area contributed by atoms with E-state index in [1.807, 2.05) is 25.5 Å². The molecule has 1 fully saturated rings. The van der Waals surface area contributed by atoms with Crippen LogP contribution in [0.5, 0.6) is 0 Å². The van der Waals surface area contributed by atoms with Gasteiger partial charge in [0.15, 0.2) is 5.78 Å². The molecule has 2 aliphatic rings. The highest BCUT2D eigenvalue weighted by molar-refractivity contribution is 6.26. The number of aromatic nitrogens is 2. The van der Waals surface area contributed by atoms with Gasteiger partial charge in [-0.1, -0.05) is 6.07 Å². The zero-order valence-electron chi connectivity index (χ0n) is 17.8. The number of carbonyl (C=O) groups is 1. The van der Waals surface area contributed by atoms with E-state index in [9.17, 15) is 4.79 Å². The monoisotopic (exact) mass is 400 g/mol. The van der Waals surface area contributed by atoms with Gasteiger partial charge in [0.05, 0.1) is 17.4 Å². The Bertz CT molecular complexity index is 1140. The van der Waals surface area contributed by atoms with Crippen LogP contribution in [0.1, 0.15) is 35.2 Å². The van der Waals surface area contributed by atoms with Gasteiger partial charge < -0.3 is 14.2 Å². The second-order valence-corrected chi connectivity index (χ2v) is 8.60. The molecule has 0 spiro atoms. The van der Waals surface area contributed by atoms with Crippen molar-refractivity contribution in [1.82, 2.24) is 14.3 Å². The number of Topliss-reactive ketones (excluding diaryl/α,β-unsaturated/α-hetero) is 1. The molecule has 5 rings (SSSR count). The number of benzene rings is 1. The topological polar surface area (TPSA) is 40.9 Å². The number of ketones is 1. The first-order chi connectivity index (χ1) is 14.6. The van der Waals surface area contributed by atoms with E-state index in [0.29, 0.717) is 6.42 Å². The normalized spacial score (nSPS) is 18.1. The fraction of sp³-hybridized carbons (Fsp3) is 0.360. The lowest BCUT2D eigenvalue weighted by atomic mass is 10.0. The summed E-state index contributed by atoms with van der Waals surface area (Å²) in [7, 11) is 2.20. The van der Waals surface area contributed by atoms with E-state index in [1.54, 1.807) is 0 Å². The van der Waals surface area contributed by atoms with Crippen molar-refractivity contribution in [2.45, 2.75) is 26.2 Å². The molecule has 0 bridgehead atoms. The van der Waals surface area contributed by atoms with Gasteiger partial charge in [-0.15, -0.1) is 0 Å². The van der Waals surface area contributed by atoms with Crippen LogP contribution in [-0.2, 0) is 11.2 Å². The highest BCUT2D eigenvalue weighted by Gasteiger charge is 2.20. The van der Waals surface area contributed by atoms with Crippen LogP contribution in [0.15, 0.2) is 42.9 Å². The maximum absolute atomic E-state index is 13.0. The smallest absolute Gasteiger partial charge is 0.163 e. The van der Waals surface area contributed by atoms with E-state index >= 15 is 0 Å². The summed E-state index contributed by atoms with van der Waals surface area (Å²) in [5.41, 5.74) is 7.47. The van der Waals surface area contributed by atoms with Gasteiger partial charge in [-0.3, -0.25) is 9.78 Å². The Labute approximate surface area is 177 Å². The first kappa shape index (κ1) is 19.1. The molecule has 154 valence electrons. The molecule has 0 saturated carbocycles. The summed E-state index contributed by atoms with van der Waals surface area (Å²) in [5.74, 6) is 0.213. The molecule has 5 heteroatoms. The molecule has 1 aliphatic heterocycles. The Balaban J connectivity index is 1.49. The molecule has 1 saturated heterocycles. The number of likely N-dealkylation sites (N-methyl/N-ethyl adjacent to an activating group) is 1. The molecule has 0 radical (unpaired) electrons. The fourth-order valence-corrected chi connectivity index (χ4v) is 4.58. The third kappa shape index (κ3) is 3.65. The van der Waals surface area contributed by atoms with Crippen molar-refractivity contribution in [1.29, 1.82) is 0 Å². The highest BCUT2D eigenvalue weighted by atomic mass is 16.1. The number of aryl methyl sites for hydroxylation is 2. The summed E-state index contributed by atoms with van der Waals surface area (Å²) in [4.78, 5) is 22.2. The van der Waals surface area contributed by atoms with Crippen LogP contribution in [0.4, 0.5) is 5.69 Å². The largest absolute Gasteiger partial charge is 0.370 e. The molecule has 5 nitrogen and oxygen atoms in total. The minimum Gasteiger partial charge on any atom is -0.370 e. The molecular formula is C25H28N4O. The van der Waals surface area contributed by atoms with E-state index in [0.717, 1.165) is 60.5 Å². The SMILES string of the molecule is Cc1cn2cc(C3=Cc4ccc(N5CCCN(C)CC5)cc4CCC3=O)cc2cn1. The van der Waals surface area contributed by atoms with Crippen molar-refractivity contribution in [3.05, 3.63) is 65.2 Å². The molecule has 3 heterocycles. The van der Waals surface area contributed by atoms with Gasteiger partial charge in [-0.2, -0.15) is 0 Å². The second kappa shape index (κ2) is 7.73. The van der Waals surface area contributed by atoms with E-state index in [-0.39, 0.29) is 5.78 Å². The quantitative estimate of drug-likeness (QED) is 0.655. The maximum Gasteiger partial charge on any atom is 0.163 e. The summed E-state index contributed by atoms with van der Waals surface area (Å²) < 4.78 is 2.05. The van der Waals surface area contributed by atoms with E-state index < -0.39 is 0 Å².